The fourth-order valence-electron chi connectivity index (χ4n) is 2.85. The number of nitrogens with zero attached hydrogens (tertiary/aromatic N) is 1. The molecule has 2 N–H and O–H groups in total. The summed E-state index contributed by atoms with van der Waals surface area (Å²) in [5.41, 5.74) is 7.40. The summed E-state index contributed by atoms with van der Waals surface area (Å²) in [4.78, 5) is 4.30. The summed E-state index contributed by atoms with van der Waals surface area (Å²) in [6, 6.07) is 5.06. The van der Waals surface area contributed by atoms with E-state index in [1.165, 1.54) is 0 Å². The zero-order chi connectivity index (χ0) is 14.3. The van der Waals surface area contributed by atoms with Crippen molar-refractivity contribution in [1.82, 2.24) is 4.98 Å². The maximum Gasteiger partial charge on any atom is 0.391 e. The average molecular weight is 284 g/mol. The van der Waals surface area contributed by atoms with E-state index in [2.05, 4.69) is 4.98 Å². The van der Waals surface area contributed by atoms with Gasteiger partial charge in [0.15, 0.2) is 11.5 Å². The lowest BCUT2D eigenvalue weighted by molar-refractivity contribution is -0.183. The van der Waals surface area contributed by atoms with Gasteiger partial charge in [-0.2, -0.15) is 13.2 Å². The molecule has 1 fully saturated rings. The highest BCUT2D eigenvalue weighted by Crippen LogP contribution is 2.43. The molecule has 2 atom stereocenters. The summed E-state index contributed by atoms with van der Waals surface area (Å²) in [6.07, 6.45) is -2.63. The zero-order valence-corrected chi connectivity index (χ0v) is 10.8. The SMILES string of the molecule is Nc1ccc2oc(C3CCCC(C(F)(F)F)C3)nc2c1. The van der Waals surface area contributed by atoms with Crippen molar-refractivity contribution in [3.63, 3.8) is 0 Å². The van der Waals surface area contributed by atoms with E-state index in [-0.39, 0.29) is 18.8 Å². The van der Waals surface area contributed by atoms with Crippen LogP contribution in [0.15, 0.2) is 22.6 Å². The van der Waals surface area contributed by atoms with Gasteiger partial charge in [-0.25, -0.2) is 4.98 Å². The van der Waals surface area contributed by atoms with E-state index in [0.29, 0.717) is 35.5 Å². The van der Waals surface area contributed by atoms with Crippen LogP contribution in [0.25, 0.3) is 11.1 Å². The fraction of sp³-hybridized carbons (Fsp3) is 0.500. The molecule has 1 aliphatic carbocycles. The fourth-order valence-corrected chi connectivity index (χ4v) is 2.85. The number of alkyl halides is 3. The molecule has 108 valence electrons. The van der Waals surface area contributed by atoms with Crippen molar-refractivity contribution in [3.8, 4) is 0 Å². The van der Waals surface area contributed by atoms with Crippen LogP contribution in [-0.2, 0) is 0 Å². The van der Waals surface area contributed by atoms with Gasteiger partial charge in [0.1, 0.15) is 5.52 Å². The predicted octanol–water partition coefficient (Wildman–Crippen LogP) is 4.25. The minimum absolute atomic E-state index is 0.0613. The monoisotopic (exact) mass is 284 g/mol. The van der Waals surface area contributed by atoms with E-state index in [1.807, 2.05) is 0 Å². The van der Waals surface area contributed by atoms with Crippen LogP contribution < -0.4 is 5.73 Å². The molecule has 1 heterocycles. The number of hydrogen-bond donors (Lipinski definition) is 1. The number of halogens is 3. The third-order valence-electron chi connectivity index (χ3n) is 3.91. The number of hydrogen-bond acceptors (Lipinski definition) is 3. The number of nitrogens with two attached hydrogens (primary N) is 1. The highest BCUT2D eigenvalue weighted by Gasteiger charge is 2.43. The highest BCUT2D eigenvalue weighted by atomic mass is 19.4. The van der Waals surface area contributed by atoms with E-state index in [0.717, 1.165) is 0 Å². The molecular formula is C14H15F3N2O. The van der Waals surface area contributed by atoms with E-state index in [4.69, 9.17) is 10.2 Å². The quantitative estimate of drug-likeness (QED) is 0.797. The van der Waals surface area contributed by atoms with Gasteiger partial charge in [-0.3, -0.25) is 0 Å². The Balaban J connectivity index is 1.87. The number of rotatable bonds is 1. The summed E-state index contributed by atoms with van der Waals surface area (Å²) >= 11 is 0. The van der Waals surface area contributed by atoms with Crippen LogP contribution in [0.3, 0.4) is 0 Å². The average Bonchev–Trinajstić information content (AvgIpc) is 2.81. The molecule has 0 amide bonds. The molecule has 0 saturated heterocycles. The third kappa shape index (κ3) is 2.46. The molecule has 1 saturated carbocycles. The molecule has 2 aromatic rings. The second-order valence-electron chi connectivity index (χ2n) is 5.38. The second kappa shape index (κ2) is 4.68. The lowest BCUT2D eigenvalue weighted by Crippen LogP contribution is -2.28. The molecule has 1 aromatic carbocycles. The van der Waals surface area contributed by atoms with Gasteiger partial charge in [0, 0.05) is 11.6 Å². The molecule has 6 heteroatoms. The number of benzene rings is 1. The normalized spacial score (nSPS) is 24.1. The standard InChI is InChI=1S/C14H15F3N2O/c15-14(16,17)9-3-1-2-8(6-9)13-19-11-7-10(18)4-5-12(11)20-13/h4-5,7-9H,1-3,6,18H2. The highest BCUT2D eigenvalue weighted by molar-refractivity contribution is 5.76. The molecule has 1 aromatic heterocycles. The summed E-state index contributed by atoms with van der Waals surface area (Å²) in [5, 5.41) is 0. The van der Waals surface area contributed by atoms with Gasteiger partial charge in [-0.15, -0.1) is 0 Å². The van der Waals surface area contributed by atoms with Gasteiger partial charge in [-0.05, 0) is 37.5 Å². The predicted molar refractivity (Wildman–Crippen MR) is 69.2 cm³/mol. The first kappa shape index (κ1) is 13.3. The van der Waals surface area contributed by atoms with Crippen molar-refractivity contribution >= 4 is 16.8 Å². The maximum atomic E-state index is 12.8. The van der Waals surface area contributed by atoms with Crippen LogP contribution >= 0.6 is 0 Å². The van der Waals surface area contributed by atoms with Crippen molar-refractivity contribution in [3.05, 3.63) is 24.1 Å². The van der Waals surface area contributed by atoms with Gasteiger partial charge in [-0.1, -0.05) is 6.42 Å². The van der Waals surface area contributed by atoms with Gasteiger partial charge in [0.25, 0.3) is 0 Å². The smallest absolute Gasteiger partial charge is 0.391 e. The molecule has 0 aliphatic heterocycles. The van der Waals surface area contributed by atoms with Crippen LogP contribution in [0.2, 0.25) is 0 Å². The Kier molecular flexibility index (Phi) is 3.11. The lowest BCUT2D eigenvalue weighted by Gasteiger charge is -2.28. The Morgan fingerprint density at radius 3 is 2.80 bits per heavy atom. The van der Waals surface area contributed by atoms with Crippen LogP contribution in [0.4, 0.5) is 18.9 Å². The Hall–Kier alpha value is -1.72. The van der Waals surface area contributed by atoms with Gasteiger partial charge < -0.3 is 10.2 Å². The van der Waals surface area contributed by atoms with Crippen molar-refractivity contribution in [2.75, 3.05) is 5.73 Å². The molecule has 1 aliphatic rings. The van der Waals surface area contributed by atoms with Crippen LogP contribution in [0.1, 0.15) is 37.5 Å². The molecular weight excluding hydrogens is 269 g/mol. The Morgan fingerprint density at radius 1 is 1.25 bits per heavy atom. The van der Waals surface area contributed by atoms with Crippen LogP contribution in [-0.4, -0.2) is 11.2 Å². The van der Waals surface area contributed by atoms with E-state index in [9.17, 15) is 13.2 Å². The van der Waals surface area contributed by atoms with Gasteiger partial charge >= 0.3 is 6.18 Å². The zero-order valence-electron chi connectivity index (χ0n) is 10.8. The first-order chi connectivity index (χ1) is 9.43. The Morgan fingerprint density at radius 2 is 2.05 bits per heavy atom. The van der Waals surface area contributed by atoms with Crippen molar-refractivity contribution in [2.24, 2.45) is 5.92 Å². The van der Waals surface area contributed by atoms with Crippen molar-refractivity contribution in [1.29, 1.82) is 0 Å². The van der Waals surface area contributed by atoms with E-state index in [1.54, 1.807) is 18.2 Å². The summed E-state index contributed by atoms with van der Waals surface area (Å²) in [6.45, 7) is 0. The molecule has 3 nitrogen and oxygen atoms in total. The number of nitrogen functional groups attached to an aromatic ring is 1. The molecule has 0 spiro atoms. The minimum Gasteiger partial charge on any atom is -0.440 e. The Labute approximate surface area is 114 Å². The number of oxazole rings is 1. The lowest BCUT2D eigenvalue weighted by atomic mass is 9.81. The van der Waals surface area contributed by atoms with E-state index >= 15 is 0 Å². The van der Waals surface area contributed by atoms with E-state index < -0.39 is 12.1 Å². The molecule has 0 bridgehead atoms. The molecule has 20 heavy (non-hydrogen) atoms. The number of fused-ring (bicyclic) bond motifs is 1. The maximum absolute atomic E-state index is 12.8. The van der Waals surface area contributed by atoms with Gasteiger partial charge in [0.05, 0.1) is 5.92 Å². The number of anilines is 1. The largest absolute Gasteiger partial charge is 0.440 e. The number of aromatic nitrogens is 1. The summed E-state index contributed by atoms with van der Waals surface area (Å²) in [5.74, 6) is -1.11. The third-order valence-corrected chi connectivity index (χ3v) is 3.91. The van der Waals surface area contributed by atoms with Gasteiger partial charge in [0.2, 0.25) is 0 Å². The Bertz CT molecular complexity index is 620. The first-order valence-electron chi connectivity index (χ1n) is 6.66. The molecule has 3 rings (SSSR count). The topological polar surface area (TPSA) is 52.0 Å². The second-order valence-corrected chi connectivity index (χ2v) is 5.38. The molecule has 2 unspecified atom stereocenters. The summed E-state index contributed by atoms with van der Waals surface area (Å²) < 4.78 is 44.1. The van der Waals surface area contributed by atoms with Crippen molar-refractivity contribution in [2.45, 2.75) is 37.8 Å². The first-order valence-corrected chi connectivity index (χ1v) is 6.66. The van der Waals surface area contributed by atoms with Crippen LogP contribution in [0, 0.1) is 5.92 Å². The van der Waals surface area contributed by atoms with Crippen molar-refractivity contribution < 1.29 is 17.6 Å². The minimum atomic E-state index is -4.13. The summed E-state index contributed by atoms with van der Waals surface area (Å²) in [7, 11) is 0. The molecule has 0 radical (unpaired) electrons. The van der Waals surface area contributed by atoms with Crippen LogP contribution in [0.5, 0.6) is 0 Å².